The summed E-state index contributed by atoms with van der Waals surface area (Å²) in [6, 6.07) is 11.3. The van der Waals surface area contributed by atoms with Gasteiger partial charge in [0.2, 0.25) is 0 Å². The quantitative estimate of drug-likeness (QED) is 0.700. The Balaban J connectivity index is 1.60. The first kappa shape index (κ1) is 19.2. The minimum absolute atomic E-state index is 0.0899. The van der Waals surface area contributed by atoms with Crippen LogP contribution in [0.4, 0.5) is 13.2 Å². The van der Waals surface area contributed by atoms with Gasteiger partial charge in [-0.1, -0.05) is 29.3 Å². The van der Waals surface area contributed by atoms with E-state index in [9.17, 15) is 27.6 Å². The van der Waals surface area contributed by atoms with Gasteiger partial charge in [0.05, 0.1) is 11.1 Å². The second-order valence-electron chi connectivity index (χ2n) is 5.55. The number of hydroxylamine groups is 2. The molecule has 1 aliphatic rings. The fourth-order valence-corrected chi connectivity index (χ4v) is 2.36. The van der Waals surface area contributed by atoms with Gasteiger partial charge in [0.25, 0.3) is 11.8 Å². The third kappa shape index (κ3) is 4.22. The van der Waals surface area contributed by atoms with Gasteiger partial charge in [-0.2, -0.15) is 13.2 Å². The first-order valence-electron chi connectivity index (χ1n) is 7.86. The van der Waals surface area contributed by atoms with Crippen LogP contribution in [0, 0.1) is 0 Å². The van der Waals surface area contributed by atoms with Crippen LogP contribution < -0.4 is 9.47 Å². The molecule has 0 aliphatic carbocycles. The van der Waals surface area contributed by atoms with Crippen LogP contribution in [-0.4, -0.2) is 42.2 Å². The number of fused-ring (bicyclic) bond motifs is 1. The number of hydrogen-bond acceptors (Lipinski definition) is 6. The normalized spacial score (nSPS) is 13.3. The number of hydrogen-bond donors (Lipinski definition) is 0. The van der Waals surface area contributed by atoms with Crippen LogP contribution in [-0.2, 0) is 9.63 Å². The Bertz CT molecular complexity index is 893. The monoisotopic (exact) mass is 395 g/mol. The van der Waals surface area contributed by atoms with Crippen LogP contribution in [0.1, 0.15) is 20.7 Å². The van der Waals surface area contributed by atoms with Crippen LogP contribution >= 0.6 is 0 Å². The van der Waals surface area contributed by atoms with Gasteiger partial charge in [-0.3, -0.25) is 9.59 Å². The van der Waals surface area contributed by atoms with E-state index < -0.39 is 37.2 Å². The van der Waals surface area contributed by atoms with E-state index in [4.69, 9.17) is 9.57 Å². The van der Waals surface area contributed by atoms with Crippen molar-refractivity contribution in [1.82, 2.24) is 5.06 Å². The maximum atomic E-state index is 12.3. The first-order chi connectivity index (χ1) is 13.3. The second kappa shape index (κ2) is 7.59. The molecule has 0 saturated heterocycles. The van der Waals surface area contributed by atoms with Gasteiger partial charge in [-0.25, -0.2) is 4.79 Å². The van der Waals surface area contributed by atoms with E-state index in [1.54, 1.807) is 12.1 Å². The SMILES string of the molecule is O=C(COc1ccccc1OCC(F)(F)F)ON1C(=O)c2ccccc2C1=O. The molecule has 28 heavy (non-hydrogen) atoms. The number of amides is 2. The molecule has 0 N–H and O–H groups in total. The van der Waals surface area contributed by atoms with Crippen molar-refractivity contribution < 1.29 is 41.9 Å². The average molecular weight is 395 g/mol. The lowest BCUT2D eigenvalue weighted by Crippen LogP contribution is -2.34. The Morgan fingerprint density at radius 3 is 1.89 bits per heavy atom. The van der Waals surface area contributed by atoms with Crippen LogP contribution in [0.15, 0.2) is 48.5 Å². The summed E-state index contributed by atoms with van der Waals surface area (Å²) in [5, 5.41) is 0.308. The molecular formula is C18H12F3NO6. The Morgan fingerprint density at radius 2 is 1.36 bits per heavy atom. The van der Waals surface area contributed by atoms with Crippen molar-refractivity contribution >= 4 is 17.8 Å². The molecule has 3 rings (SSSR count). The zero-order chi connectivity index (χ0) is 20.3. The van der Waals surface area contributed by atoms with E-state index in [2.05, 4.69) is 4.74 Å². The summed E-state index contributed by atoms with van der Waals surface area (Å²) in [5.41, 5.74) is 0.180. The van der Waals surface area contributed by atoms with Crippen molar-refractivity contribution in [2.24, 2.45) is 0 Å². The first-order valence-corrected chi connectivity index (χ1v) is 7.86. The van der Waals surface area contributed by atoms with Crippen molar-refractivity contribution in [3.8, 4) is 11.5 Å². The highest BCUT2D eigenvalue weighted by Crippen LogP contribution is 2.28. The molecule has 0 bridgehead atoms. The Hall–Kier alpha value is -3.56. The lowest BCUT2D eigenvalue weighted by atomic mass is 10.1. The van der Waals surface area contributed by atoms with E-state index in [0.717, 1.165) is 0 Å². The summed E-state index contributed by atoms with van der Waals surface area (Å²) < 4.78 is 46.6. The number of rotatable bonds is 6. The van der Waals surface area contributed by atoms with Gasteiger partial charge < -0.3 is 14.3 Å². The van der Waals surface area contributed by atoms with Crippen LogP contribution in [0.3, 0.4) is 0 Å². The molecule has 0 radical (unpaired) electrons. The molecule has 10 heteroatoms. The molecule has 0 atom stereocenters. The predicted octanol–water partition coefficient (Wildman–Crippen LogP) is 2.76. The smallest absolute Gasteiger partial charge is 0.422 e. The van der Waals surface area contributed by atoms with Crippen molar-refractivity contribution in [3.05, 3.63) is 59.7 Å². The molecule has 1 aliphatic heterocycles. The molecule has 0 fully saturated rings. The van der Waals surface area contributed by atoms with E-state index in [1.807, 2.05) is 0 Å². The molecule has 0 unspecified atom stereocenters. The standard InChI is InChI=1S/C18H12F3NO6/c19-18(20,21)10-27-14-8-4-3-7-13(14)26-9-15(23)28-22-16(24)11-5-1-2-6-12(11)17(22)25/h1-8H,9-10H2. The van der Waals surface area contributed by atoms with E-state index in [1.165, 1.54) is 36.4 Å². The molecule has 2 amide bonds. The number of benzene rings is 2. The number of imide groups is 1. The second-order valence-corrected chi connectivity index (χ2v) is 5.55. The highest BCUT2D eigenvalue weighted by atomic mass is 19.4. The van der Waals surface area contributed by atoms with Crippen LogP contribution in [0.5, 0.6) is 11.5 Å². The highest BCUT2D eigenvalue weighted by Gasteiger charge is 2.38. The third-order valence-electron chi connectivity index (χ3n) is 3.54. The number of carbonyl (C=O) groups excluding carboxylic acids is 3. The lowest BCUT2D eigenvalue weighted by Gasteiger charge is -2.15. The van der Waals surface area contributed by atoms with Gasteiger partial charge in [0, 0.05) is 0 Å². The Labute approximate surface area is 156 Å². The minimum Gasteiger partial charge on any atom is -0.480 e. The molecule has 2 aromatic rings. The van der Waals surface area contributed by atoms with E-state index in [0.29, 0.717) is 5.06 Å². The zero-order valence-corrected chi connectivity index (χ0v) is 14.1. The number of halogens is 3. The van der Waals surface area contributed by atoms with Crippen molar-refractivity contribution in [2.75, 3.05) is 13.2 Å². The summed E-state index contributed by atoms with van der Waals surface area (Å²) in [6.07, 6.45) is -4.54. The zero-order valence-electron chi connectivity index (χ0n) is 14.1. The summed E-state index contributed by atoms with van der Waals surface area (Å²) in [4.78, 5) is 40.9. The van der Waals surface area contributed by atoms with E-state index >= 15 is 0 Å². The van der Waals surface area contributed by atoms with Crippen molar-refractivity contribution in [2.45, 2.75) is 6.18 Å². The largest absolute Gasteiger partial charge is 0.480 e. The van der Waals surface area contributed by atoms with Gasteiger partial charge in [0.15, 0.2) is 24.7 Å². The summed E-state index contributed by atoms with van der Waals surface area (Å²) in [7, 11) is 0. The van der Waals surface area contributed by atoms with Crippen LogP contribution in [0.25, 0.3) is 0 Å². The highest BCUT2D eigenvalue weighted by molar-refractivity contribution is 6.20. The molecule has 1 heterocycles. The molecule has 0 spiro atoms. The number of alkyl halides is 3. The average Bonchev–Trinajstić information content (AvgIpc) is 2.90. The van der Waals surface area contributed by atoms with Gasteiger partial charge in [-0.15, -0.1) is 0 Å². The fraction of sp³-hybridized carbons (Fsp3) is 0.167. The summed E-state index contributed by atoms with van der Waals surface area (Å²) in [5.74, 6) is -3.06. The summed E-state index contributed by atoms with van der Waals surface area (Å²) in [6.45, 7) is -2.30. The Morgan fingerprint density at radius 1 is 0.857 bits per heavy atom. The number of carbonyl (C=O) groups is 3. The van der Waals surface area contributed by atoms with Gasteiger partial charge >= 0.3 is 12.1 Å². The molecule has 0 saturated carbocycles. The molecular weight excluding hydrogens is 383 g/mol. The molecule has 7 nitrogen and oxygen atoms in total. The number of para-hydroxylation sites is 2. The fourth-order valence-electron chi connectivity index (χ4n) is 2.36. The lowest BCUT2D eigenvalue weighted by molar-refractivity contribution is -0.171. The predicted molar refractivity (Wildman–Crippen MR) is 86.5 cm³/mol. The van der Waals surface area contributed by atoms with Crippen molar-refractivity contribution in [1.29, 1.82) is 0 Å². The molecule has 146 valence electrons. The molecule has 0 aromatic heterocycles. The van der Waals surface area contributed by atoms with Crippen LogP contribution in [0.2, 0.25) is 0 Å². The van der Waals surface area contributed by atoms with Gasteiger partial charge in [-0.05, 0) is 24.3 Å². The number of nitrogens with zero attached hydrogens (tertiary/aromatic N) is 1. The Kier molecular flexibility index (Phi) is 5.21. The maximum absolute atomic E-state index is 12.3. The van der Waals surface area contributed by atoms with E-state index in [-0.39, 0.29) is 22.6 Å². The maximum Gasteiger partial charge on any atom is 0.422 e. The third-order valence-corrected chi connectivity index (χ3v) is 3.54. The van der Waals surface area contributed by atoms with Crippen molar-refractivity contribution in [3.63, 3.8) is 0 Å². The summed E-state index contributed by atoms with van der Waals surface area (Å²) >= 11 is 0. The minimum atomic E-state index is -4.54. The van der Waals surface area contributed by atoms with Gasteiger partial charge in [0.1, 0.15) is 0 Å². The molecule has 2 aromatic carbocycles. The number of ether oxygens (including phenoxy) is 2. The topological polar surface area (TPSA) is 82.1 Å².